The van der Waals surface area contributed by atoms with Crippen LogP contribution >= 0.6 is 24.8 Å². The first-order valence-corrected chi connectivity index (χ1v) is 8.48. The Morgan fingerprint density at radius 1 is 1.12 bits per heavy atom. The lowest BCUT2D eigenvalue weighted by Gasteiger charge is -2.03. The molecule has 0 atom stereocenters. The molecule has 0 unspecified atom stereocenters. The van der Waals surface area contributed by atoms with Crippen LogP contribution in [0.5, 0.6) is 0 Å². The number of aryl methyl sites for hydroxylation is 1. The molecule has 5 nitrogen and oxygen atoms in total. The maximum Gasteiger partial charge on any atom is 0.208 e. The SMILES string of the molecule is Cc1ccc(S(=O)(=O)c2cn(CCN)c3ncccc23)cc1.Cl.Cl. The summed E-state index contributed by atoms with van der Waals surface area (Å²) >= 11 is 0. The molecule has 3 aromatic rings. The minimum absolute atomic E-state index is 0. The van der Waals surface area contributed by atoms with Gasteiger partial charge in [0.15, 0.2) is 0 Å². The number of benzene rings is 1. The van der Waals surface area contributed by atoms with Crippen LogP contribution in [0.2, 0.25) is 0 Å². The predicted molar refractivity (Wildman–Crippen MR) is 99.9 cm³/mol. The van der Waals surface area contributed by atoms with Gasteiger partial charge in [-0.1, -0.05) is 17.7 Å². The number of aromatic nitrogens is 2. The van der Waals surface area contributed by atoms with Crippen molar-refractivity contribution in [1.29, 1.82) is 0 Å². The van der Waals surface area contributed by atoms with E-state index in [1.807, 2.05) is 6.92 Å². The Morgan fingerprint density at radius 3 is 2.42 bits per heavy atom. The van der Waals surface area contributed by atoms with E-state index >= 15 is 0 Å². The number of hydrogen-bond donors (Lipinski definition) is 1. The third kappa shape index (κ3) is 3.57. The summed E-state index contributed by atoms with van der Waals surface area (Å²) < 4.78 is 27.6. The third-order valence-electron chi connectivity index (χ3n) is 3.59. The van der Waals surface area contributed by atoms with Gasteiger partial charge in [0, 0.05) is 30.9 Å². The highest BCUT2D eigenvalue weighted by molar-refractivity contribution is 7.91. The first-order chi connectivity index (χ1) is 10.5. The summed E-state index contributed by atoms with van der Waals surface area (Å²) in [6, 6.07) is 10.4. The fourth-order valence-electron chi connectivity index (χ4n) is 2.46. The van der Waals surface area contributed by atoms with Crippen molar-refractivity contribution in [2.45, 2.75) is 23.3 Å². The van der Waals surface area contributed by atoms with E-state index in [9.17, 15) is 8.42 Å². The Morgan fingerprint density at radius 2 is 1.79 bits per heavy atom. The molecular formula is C16H19Cl2N3O2S. The quantitative estimate of drug-likeness (QED) is 0.746. The topological polar surface area (TPSA) is 78.0 Å². The zero-order valence-corrected chi connectivity index (χ0v) is 15.5. The highest BCUT2D eigenvalue weighted by Gasteiger charge is 2.23. The molecule has 8 heteroatoms. The summed E-state index contributed by atoms with van der Waals surface area (Å²) in [5.41, 5.74) is 7.26. The first-order valence-electron chi connectivity index (χ1n) is 7.00. The van der Waals surface area contributed by atoms with Gasteiger partial charge in [-0.25, -0.2) is 13.4 Å². The van der Waals surface area contributed by atoms with Gasteiger partial charge < -0.3 is 10.3 Å². The van der Waals surface area contributed by atoms with Crippen LogP contribution in [0, 0.1) is 6.92 Å². The van der Waals surface area contributed by atoms with Crippen LogP contribution in [0.1, 0.15) is 5.56 Å². The molecular weight excluding hydrogens is 369 g/mol. The van der Waals surface area contributed by atoms with Crippen LogP contribution in [0.3, 0.4) is 0 Å². The molecule has 130 valence electrons. The van der Waals surface area contributed by atoms with Gasteiger partial charge in [-0.2, -0.15) is 0 Å². The number of fused-ring (bicyclic) bond motifs is 1. The third-order valence-corrected chi connectivity index (χ3v) is 5.39. The molecule has 0 bridgehead atoms. The summed E-state index contributed by atoms with van der Waals surface area (Å²) in [6.45, 7) is 2.87. The Bertz CT molecular complexity index is 922. The second-order valence-corrected chi connectivity index (χ2v) is 7.08. The van der Waals surface area contributed by atoms with Crippen molar-refractivity contribution in [1.82, 2.24) is 9.55 Å². The van der Waals surface area contributed by atoms with Crippen LogP contribution in [0.15, 0.2) is 58.6 Å². The molecule has 24 heavy (non-hydrogen) atoms. The zero-order chi connectivity index (χ0) is 15.7. The van der Waals surface area contributed by atoms with Gasteiger partial charge in [-0.15, -0.1) is 24.8 Å². The zero-order valence-electron chi connectivity index (χ0n) is 13.0. The molecule has 0 radical (unpaired) electrons. The van der Waals surface area contributed by atoms with E-state index < -0.39 is 9.84 Å². The molecule has 0 spiro atoms. The summed E-state index contributed by atoms with van der Waals surface area (Å²) in [7, 11) is -3.58. The van der Waals surface area contributed by atoms with Gasteiger partial charge in [0.05, 0.1) is 9.79 Å². The average molecular weight is 388 g/mol. The van der Waals surface area contributed by atoms with E-state index in [1.54, 1.807) is 53.4 Å². The van der Waals surface area contributed by atoms with E-state index in [2.05, 4.69) is 4.98 Å². The number of pyridine rings is 1. The first kappa shape index (κ1) is 20.4. The van der Waals surface area contributed by atoms with E-state index in [-0.39, 0.29) is 34.6 Å². The Kier molecular flexibility index (Phi) is 6.80. The van der Waals surface area contributed by atoms with Gasteiger partial charge in [0.1, 0.15) is 5.65 Å². The molecule has 2 heterocycles. The molecule has 0 aliphatic heterocycles. The normalized spacial score (nSPS) is 10.9. The number of hydrogen-bond acceptors (Lipinski definition) is 4. The van der Waals surface area contributed by atoms with Crippen molar-refractivity contribution < 1.29 is 8.42 Å². The largest absolute Gasteiger partial charge is 0.330 e. The Labute approximate surface area is 153 Å². The number of nitrogens with zero attached hydrogens (tertiary/aromatic N) is 2. The molecule has 0 amide bonds. The van der Waals surface area contributed by atoms with Crippen LogP contribution in [-0.2, 0) is 16.4 Å². The summed E-state index contributed by atoms with van der Waals surface area (Å²) in [5.74, 6) is 0. The van der Waals surface area contributed by atoms with Crippen molar-refractivity contribution in [3.05, 3.63) is 54.4 Å². The highest BCUT2D eigenvalue weighted by atomic mass is 35.5. The van der Waals surface area contributed by atoms with Crippen LogP contribution in [-0.4, -0.2) is 24.5 Å². The monoisotopic (exact) mass is 387 g/mol. The average Bonchev–Trinajstić information content (AvgIpc) is 2.88. The molecule has 0 aliphatic carbocycles. The summed E-state index contributed by atoms with van der Waals surface area (Å²) in [5, 5.41) is 0.622. The van der Waals surface area contributed by atoms with Crippen LogP contribution in [0.4, 0.5) is 0 Å². The van der Waals surface area contributed by atoms with Crippen LogP contribution < -0.4 is 5.73 Å². The molecule has 2 N–H and O–H groups in total. The molecule has 1 aromatic carbocycles. The van der Waals surface area contributed by atoms with Gasteiger partial charge in [-0.3, -0.25) is 0 Å². The van der Waals surface area contributed by atoms with E-state index in [4.69, 9.17) is 5.73 Å². The van der Waals surface area contributed by atoms with E-state index in [1.165, 1.54) is 0 Å². The second-order valence-electron chi connectivity index (χ2n) is 5.17. The van der Waals surface area contributed by atoms with Gasteiger partial charge in [0.2, 0.25) is 9.84 Å². The van der Waals surface area contributed by atoms with Crippen molar-refractivity contribution >= 4 is 45.7 Å². The summed E-state index contributed by atoms with van der Waals surface area (Å²) in [6.07, 6.45) is 3.28. The maximum absolute atomic E-state index is 12.9. The predicted octanol–water partition coefficient (Wildman–Crippen LogP) is 2.98. The van der Waals surface area contributed by atoms with E-state index in [0.29, 0.717) is 24.1 Å². The lowest BCUT2D eigenvalue weighted by Crippen LogP contribution is -2.09. The number of halogens is 2. The molecule has 0 fully saturated rings. The van der Waals surface area contributed by atoms with Crippen molar-refractivity contribution in [2.75, 3.05) is 6.54 Å². The van der Waals surface area contributed by atoms with Crippen molar-refractivity contribution in [2.24, 2.45) is 5.73 Å². The number of rotatable bonds is 4. The van der Waals surface area contributed by atoms with Crippen molar-refractivity contribution in [3.8, 4) is 0 Å². The van der Waals surface area contributed by atoms with Gasteiger partial charge >= 0.3 is 0 Å². The standard InChI is InChI=1S/C16H17N3O2S.2ClH/c1-12-4-6-13(7-5-12)22(20,21)15-11-19(10-8-17)16-14(15)3-2-9-18-16;;/h2-7,9,11H,8,10,17H2,1H3;2*1H. The number of sulfone groups is 1. The summed E-state index contributed by atoms with van der Waals surface area (Å²) in [4.78, 5) is 4.84. The second kappa shape index (κ2) is 7.98. The maximum atomic E-state index is 12.9. The molecule has 0 saturated heterocycles. The molecule has 3 rings (SSSR count). The Balaban J connectivity index is 0.00000144. The lowest BCUT2D eigenvalue weighted by molar-refractivity contribution is 0.596. The Hall–Kier alpha value is -1.60. The lowest BCUT2D eigenvalue weighted by atomic mass is 10.2. The minimum atomic E-state index is -3.58. The van der Waals surface area contributed by atoms with Gasteiger partial charge in [0.25, 0.3) is 0 Å². The highest BCUT2D eigenvalue weighted by Crippen LogP contribution is 2.29. The minimum Gasteiger partial charge on any atom is -0.330 e. The molecule has 0 saturated carbocycles. The smallest absolute Gasteiger partial charge is 0.208 e. The molecule has 2 aromatic heterocycles. The fourth-order valence-corrected chi connectivity index (χ4v) is 3.92. The van der Waals surface area contributed by atoms with E-state index in [0.717, 1.165) is 5.56 Å². The van der Waals surface area contributed by atoms with Crippen molar-refractivity contribution in [3.63, 3.8) is 0 Å². The molecule has 0 aliphatic rings. The fraction of sp³-hybridized carbons (Fsp3) is 0.188. The number of nitrogens with two attached hydrogens (primary N) is 1. The van der Waals surface area contributed by atoms with Gasteiger partial charge in [-0.05, 0) is 31.2 Å². The van der Waals surface area contributed by atoms with Crippen LogP contribution in [0.25, 0.3) is 11.0 Å².